The minimum absolute atomic E-state index is 0.0704. The SMILES string of the molecule is COC(=O)C(O)CNC(=O)CCCNC(=O)C(C)(C)C. The van der Waals surface area contributed by atoms with Gasteiger partial charge in [0, 0.05) is 18.4 Å². The molecule has 0 aliphatic rings. The van der Waals surface area contributed by atoms with E-state index in [9.17, 15) is 19.5 Å². The van der Waals surface area contributed by atoms with E-state index in [0.717, 1.165) is 7.11 Å². The molecule has 2 amide bonds. The number of carbonyl (C=O) groups is 3. The summed E-state index contributed by atoms with van der Waals surface area (Å²) in [6.07, 6.45) is -0.662. The minimum Gasteiger partial charge on any atom is -0.467 e. The quantitative estimate of drug-likeness (QED) is 0.436. The largest absolute Gasteiger partial charge is 0.467 e. The molecule has 0 rings (SSSR count). The number of nitrogens with one attached hydrogen (secondary N) is 2. The lowest BCUT2D eigenvalue weighted by Crippen LogP contribution is -2.38. The molecule has 0 aromatic carbocycles. The Morgan fingerprint density at radius 2 is 1.80 bits per heavy atom. The summed E-state index contributed by atoms with van der Waals surface area (Å²) in [6, 6.07) is 0. The standard InChI is InChI=1S/C13H24N2O5/c1-13(2,3)12(19)14-7-5-6-10(17)15-8-9(16)11(18)20-4/h9,16H,5-8H2,1-4H3,(H,14,19)(H,15,17). The maximum absolute atomic E-state index is 11.5. The van der Waals surface area contributed by atoms with E-state index < -0.39 is 17.5 Å². The van der Waals surface area contributed by atoms with Gasteiger partial charge in [-0.05, 0) is 6.42 Å². The van der Waals surface area contributed by atoms with Crippen molar-refractivity contribution in [3.8, 4) is 0 Å². The number of amides is 2. The van der Waals surface area contributed by atoms with Crippen LogP contribution in [0.2, 0.25) is 0 Å². The molecule has 20 heavy (non-hydrogen) atoms. The van der Waals surface area contributed by atoms with E-state index in [1.807, 2.05) is 20.8 Å². The summed E-state index contributed by atoms with van der Waals surface area (Å²) in [6.45, 7) is 5.65. The topological polar surface area (TPSA) is 105 Å². The van der Waals surface area contributed by atoms with Gasteiger partial charge in [-0.25, -0.2) is 4.79 Å². The Morgan fingerprint density at radius 1 is 1.20 bits per heavy atom. The summed E-state index contributed by atoms with van der Waals surface area (Å²) in [5, 5.41) is 14.4. The van der Waals surface area contributed by atoms with Gasteiger partial charge in [-0.15, -0.1) is 0 Å². The van der Waals surface area contributed by atoms with Crippen LogP contribution in [0, 0.1) is 5.41 Å². The molecule has 0 bridgehead atoms. The first-order valence-corrected chi connectivity index (χ1v) is 6.49. The third-order valence-electron chi connectivity index (χ3n) is 2.51. The molecule has 0 aromatic heterocycles. The van der Waals surface area contributed by atoms with Crippen LogP contribution in [0.15, 0.2) is 0 Å². The lowest BCUT2D eigenvalue weighted by Gasteiger charge is -2.17. The lowest BCUT2D eigenvalue weighted by atomic mass is 9.96. The molecule has 0 spiro atoms. The average molecular weight is 288 g/mol. The van der Waals surface area contributed by atoms with E-state index >= 15 is 0 Å². The number of hydrogen-bond donors (Lipinski definition) is 3. The highest BCUT2D eigenvalue weighted by molar-refractivity contribution is 5.81. The number of ether oxygens (including phenoxy) is 1. The van der Waals surface area contributed by atoms with Crippen LogP contribution in [0.25, 0.3) is 0 Å². The van der Waals surface area contributed by atoms with Crippen molar-refractivity contribution in [3.63, 3.8) is 0 Å². The third-order valence-corrected chi connectivity index (χ3v) is 2.51. The maximum Gasteiger partial charge on any atom is 0.336 e. The van der Waals surface area contributed by atoms with E-state index in [4.69, 9.17) is 0 Å². The molecule has 0 heterocycles. The van der Waals surface area contributed by atoms with Crippen LogP contribution in [0.4, 0.5) is 0 Å². The first-order valence-electron chi connectivity index (χ1n) is 6.49. The van der Waals surface area contributed by atoms with Gasteiger partial charge >= 0.3 is 5.97 Å². The van der Waals surface area contributed by atoms with Gasteiger partial charge in [-0.1, -0.05) is 20.8 Å². The zero-order valence-corrected chi connectivity index (χ0v) is 12.5. The van der Waals surface area contributed by atoms with E-state index in [1.165, 1.54) is 0 Å². The van der Waals surface area contributed by atoms with Gasteiger partial charge < -0.3 is 20.5 Å². The Hall–Kier alpha value is -1.63. The Morgan fingerprint density at radius 3 is 2.30 bits per heavy atom. The first kappa shape index (κ1) is 18.4. The molecule has 1 atom stereocenters. The number of methoxy groups -OCH3 is 1. The van der Waals surface area contributed by atoms with Crippen LogP contribution in [0.3, 0.4) is 0 Å². The smallest absolute Gasteiger partial charge is 0.336 e. The summed E-state index contributed by atoms with van der Waals surface area (Å²) >= 11 is 0. The molecule has 0 aliphatic heterocycles. The van der Waals surface area contributed by atoms with Gasteiger partial charge in [0.2, 0.25) is 11.8 Å². The number of rotatable bonds is 7. The number of hydrogen-bond acceptors (Lipinski definition) is 5. The molecule has 0 saturated carbocycles. The summed E-state index contributed by atoms with van der Waals surface area (Å²) < 4.78 is 4.31. The summed E-state index contributed by atoms with van der Waals surface area (Å²) in [5.74, 6) is -1.15. The molecule has 1 unspecified atom stereocenters. The van der Waals surface area contributed by atoms with Crippen LogP contribution in [0.5, 0.6) is 0 Å². The zero-order valence-electron chi connectivity index (χ0n) is 12.5. The van der Waals surface area contributed by atoms with Crippen molar-refractivity contribution in [2.45, 2.75) is 39.7 Å². The van der Waals surface area contributed by atoms with Crippen molar-refractivity contribution in [1.29, 1.82) is 0 Å². The van der Waals surface area contributed by atoms with Gasteiger partial charge in [0.25, 0.3) is 0 Å². The molecular weight excluding hydrogens is 264 g/mol. The molecule has 0 aliphatic carbocycles. The summed E-state index contributed by atoms with van der Waals surface area (Å²) in [5.41, 5.74) is -0.452. The Bertz CT molecular complexity index is 349. The van der Waals surface area contributed by atoms with Gasteiger partial charge in [-0.3, -0.25) is 9.59 Å². The molecule has 116 valence electrons. The summed E-state index contributed by atoms with van der Waals surface area (Å²) in [7, 11) is 1.16. The Kier molecular flexibility index (Phi) is 7.83. The molecule has 7 heteroatoms. The van der Waals surface area contributed by atoms with E-state index in [2.05, 4.69) is 15.4 Å². The number of aliphatic hydroxyl groups is 1. The Balaban J connectivity index is 3.75. The third kappa shape index (κ3) is 7.73. The molecule has 0 saturated heterocycles. The summed E-state index contributed by atoms with van der Waals surface area (Å²) in [4.78, 5) is 33.8. The van der Waals surface area contributed by atoms with Crippen molar-refractivity contribution in [3.05, 3.63) is 0 Å². The van der Waals surface area contributed by atoms with E-state index in [1.54, 1.807) is 0 Å². The van der Waals surface area contributed by atoms with Crippen LogP contribution >= 0.6 is 0 Å². The average Bonchev–Trinajstić information content (AvgIpc) is 2.38. The predicted molar refractivity (Wildman–Crippen MR) is 72.7 cm³/mol. The second kappa shape index (κ2) is 8.52. The molecule has 7 nitrogen and oxygen atoms in total. The van der Waals surface area contributed by atoms with Crippen LogP contribution in [0.1, 0.15) is 33.6 Å². The number of esters is 1. The van der Waals surface area contributed by atoms with Crippen molar-refractivity contribution in [2.24, 2.45) is 5.41 Å². The fraction of sp³-hybridized carbons (Fsp3) is 0.769. The van der Waals surface area contributed by atoms with Crippen molar-refractivity contribution in [1.82, 2.24) is 10.6 Å². The Labute approximate surface area is 119 Å². The van der Waals surface area contributed by atoms with E-state index in [-0.39, 0.29) is 24.8 Å². The molecule has 3 N–H and O–H groups in total. The normalized spacial score (nSPS) is 12.4. The second-order valence-electron chi connectivity index (χ2n) is 5.45. The van der Waals surface area contributed by atoms with Crippen LogP contribution in [-0.2, 0) is 19.1 Å². The fourth-order valence-electron chi connectivity index (χ4n) is 1.23. The van der Waals surface area contributed by atoms with Crippen LogP contribution < -0.4 is 10.6 Å². The van der Waals surface area contributed by atoms with Gasteiger partial charge in [0.15, 0.2) is 6.10 Å². The highest BCUT2D eigenvalue weighted by Crippen LogP contribution is 2.12. The van der Waals surface area contributed by atoms with Crippen molar-refractivity contribution < 1.29 is 24.2 Å². The second-order valence-corrected chi connectivity index (χ2v) is 5.45. The van der Waals surface area contributed by atoms with Gasteiger partial charge in [-0.2, -0.15) is 0 Å². The molecule has 0 fully saturated rings. The van der Waals surface area contributed by atoms with E-state index in [0.29, 0.717) is 13.0 Å². The predicted octanol–water partition coefficient (Wildman–Crippen LogP) is -0.421. The lowest BCUT2D eigenvalue weighted by molar-refractivity contribution is -0.150. The van der Waals surface area contributed by atoms with Crippen LogP contribution in [-0.4, -0.2) is 49.2 Å². The van der Waals surface area contributed by atoms with Gasteiger partial charge in [0.1, 0.15) is 0 Å². The minimum atomic E-state index is -1.36. The van der Waals surface area contributed by atoms with Gasteiger partial charge in [0.05, 0.1) is 13.7 Å². The highest BCUT2D eigenvalue weighted by atomic mass is 16.5. The van der Waals surface area contributed by atoms with Crippen molar-refractivity contribution >= 4 is 17.8 Å². The first-order chi connectivity index (χ1) is 9.18. The van der Waals surface area contributed by atoms with Crippen molar-refractivity contribution in [2.75, 3.05) is 20.2 Å². The maximum atomic E-state index is 11.5. The monoisotopic (exact) mass is 288 g/mol. The zero-order chi connectivity index (χ0) is 15.8. The molecule has 0 radical (unpaired) electrons. The molecular formula is C13H24N2O5. The molecule has 0 aromatic rings. The highest BCUT2D eigenvalue weighted by Gasteiger charge is 2.20. The number of carbonyl (C=O) groups excluding carboxylic acids is 3. The fourth-order valence-corrected chi connectivity index (χ4v) is 1.23. The number of aliphatic hydroxyl groups excluding tert-OH is 1.